The Morgan fingerprint density at radius 1 is 1.03 bits per heavy atom. The van der Waals surface area contributed by atoms with Gasteiger partial charge in [-0.15, -0.1) is 6.58 Å². The van der Waals surface area contributed by atoms with Crippen molar-refractivity contribution >= 4 is 33.5 Å². The number of Topliss-reactive ketones (excluding diaryl/α,β-unsaturated/α-hetero) is 1. The molecule has 185 valence electrons. The van der Waals surface area contributed by atoms with Gasteiger partial charge in [0.2, 0.25) is 0 Å². The molecule has 0 aromatic rings. The zero-order chi connectivity index (χ0) is 26.1. The van der Waals surface area contributed by atoms with Gasteiger partial charge in [0.15, 0.2) is 0 Å². The van der Waals surface area contributed by atoms with E-state index >= 15 is 0 Å². The van der Waals surface area contributed by atoms with Gasteiger partial charge in [0.05, 0.1) is 6.60 Å². The summed E-state index contributed by atoms with van der Waals surface area (Å²) in [6.45, 7) is 27.3. The van der Waals surface area contributed by atoms with Crippen LogP contribution in [-0.4, -0.2) is 33.5 Å². The van der Waals surface area contributed by atoms with Crippen molar-refractivity contribution in [1.29, 1.82) is 0 Å². The molecule has 6 atom stereocenters. The van der Waals surface area contributed by atoms with Crippen LogP contribution in [0.4, 0.5) is 0 Å². The fourth-order valence-electron chi connectivity index (χ4n) is 6.11. The minimum Gasteiger partial charge on any atom is -0.303 e. The molecule has 0 aliphatic rings. The maximum absolute atomic E-state index is 13.8. The molecule has 6 unspecified atom stereocenters. The molecule has 5 heteroatoms. The summed E-state index contributed by atoms with van der Waals surface area (Å²) in [4.78, 5) is 25.7. The van der Waals surface area contributed by atoms with Gasteiger partial charge in [-0.2, -0.15) is 0 Å². The van der Waals surface area contributed by atoms with Gasteiger partial charge in [0, 0.05) is 31.5 Å². The van der Waals surface area contributed by atoms with Crippen LogP contribution in [0.15, 0.2) is 12.2 Å². The van der Waals surface area contributed by atoms with Gasteiger partial charge in [-0.05, 0) is 49.3 Å². The highest BCUT2D eigenvalue weighted by Crippen LogP contribution is 2.49. The summed E-state index contributed by atoms with van der Waals surface area (Å²) in [5.74, 6) is 2.06. The molecule has 0 amide bonds. The van der Waals surface area contributed by atoms with Crippen LogP contribution in [-0.2, 0) is 9.59 Å². The highest BCUT2D eigenvalue weighted by Gasteiger charge is 2.49. The second-order valence-corrected chi connectivity index (χ2v) is 12.6. The number of hydrogen-bond donors (Lipinski definition) is 0. The molecule has 0 aliphatic heterocycles. The molecule has 0 N–H and O–H groups in total. The molecule has 33 heavy (non-hydrogen) atoms. The molecular weight excluding hydrogens is 401 g/mol. The van der Waals surface area contributed by atoms with Crippen molar-refractivity contribution < 1.29 is 9.59 Å². The van der Waals surface area contributed by atoms with Gasteiger partial charge in [-0.3, -0.25) is 4.79 Å². The average molecular weight is 453 g/mol. The van der Waals surface area contributed by atoms with Crippen molar-refractivity contribution in [2.24, 2.45) is 40.4 Å². The maximum Gasteiger partial charge on any atom is 0.141 e. The SMILES string of the molecule is [B][B]B(C)C(C(C)(C)C=O)C(C)(C)C(=O)C(C)C(C)C(C)C(C)CCC(C)CCCC(=C)C. The summed E-state index contributed by atoms with van der Waals surface area (Å²) in [5, 5.41) is 0. The van der Waals surface area contributed by atoms with Crippen LogP contribution in [0.1, 0.15) is 101 Å². The van der Waals surface area contributed by atoms with Crippen molar-refractivity contribution in [2.45, 2.75) is 114 Å². The number of carbonyl (C=O) groups excluding carboxylic acids is 2. The van der Waals surface area contributed by atoms with E-state index in [1.165, 1.54) is 31.3 Å². The number of allylic oxidation sites excluding steroid dienone is 1. The monoisotopic (exact) mass is 453 g/mol. The van der Waals surface area contributed by atoms with E-state index in [1.54, 1.807) is 7.06 Å². The standard InChI is InChI=1S/C28H52B3O2/c1-19(2)14-13-15-20(3)16-17-21(4)22(5)23(6)24(7)25(33)28(10,11)26(31(12)30-29)27(8,9)18-32/h18,20-24,26H,1,13-17H2,2-12H3. The molecule has 0 heterocycles. The fraction of sp³-hybridized carbons (Fsp3) is 0.857. The molecule has 2 nitrogen and oxygen atoms in total. The van der Waals surface area contributed by atoms with E-state index < -0.39 is 10.8 Å². The highest BCUT2D eigenvalue weighted by atomic mass is 16.1. The van der Waals surface area contributed by atoms with Crippen LogP contribution in [0, 0.1) is 40.4 Å². The molecule has 0 aromatic carbocycles. The Kier molecular flexibility index (Phi) is 13.7. The van der Waals surface area contributed by atoms with Crippen LogP contribution in [0.25, 0.3) is 0 Å². The summed E-state index contributed by atoms with van der Waals surface area (Å²) in [7, 11) is 7.53. The minimum atomic E-state index is -0.645. The number of ketones is 1. The summed E-state index contributed by atoms with van der Waals surface area (Å²) in [5.41, 5.74) is 0.00201. The van der Waals surface area contributed by atoms with Crippen LogP contribution < -0.4 is 0 Å². The Morgan fingerprint density at radius 2 is 1.58 bits per heavy atom. The summed E-state index contributed by atoms with van der Waals surface area (Å²) in [6, 6.07) is 0. The molecule has 0 saturated carbocycles. The second-order valence-electron chi connectivity index (χ2n) is 12.6. The highest BCUT2D eigenvalue weighted by molar-refractivity contribution is 7.31. The zero-order valence-electron chi connectivity index (χ0n) is 23.8. The summed E-state index contributed by atoms with van der Waals surface area (Å²) >= 11 is 0. The Labute approximate surface area is 209 Å². The topological polar surface area (TPSA) is 34.1 Å². The van der Waals surface area contributed by atoms with Gasteiger partial charge in [-0.25, -0.2) is 0 Å². The van der Waals surface area contributed by atoms with Crippen molar-refractivity contribution in [1.82, 2.24) is 0 Å². The Morgan fingerprint density at radius 3 is 2.03 bits per heavy atom. The first-order chi connectivity index (χ1) is 15.0. The maximum atomic E-state index is 13.8. The quantitative estimate of drug-likeness (QED) is 0.132. The predicted molar refractivity (Wildman–Crippen MR) is 149 cm³/mol. The number of aldehydes is 1. The molecule has 0 rings (SSSR count). The first-order valence-corrected chi connectivity index (χ1v) is 13.2. The molecular formula is C28H52B3O2. The lowest BCUT2D eigenvalue weighted by Crippen LogP contribution is -2.50. The molecule has 0 fully saturated rings. The largest absolute Gasteiger partial charge is 0.303 e. The average Bonchev–Trinajstić information content (AvgIpc) is 2.74. The van der Waals surface area contributed by atoms with Crippen molar-refractivity contribution in [2.75, 3.05) is 0 Å². The third-order valence-electron chi connectivity index (χ3n) is 8.69. The molecule has 0 aliphatic carbocycles. The summed E-state index contributed by atoms with van der Waals surface area (Å²) < 4.78 is 0. The molecule has 0 aromatic heterocycles. The Balaban J connectivity index is 5.25. The number of carbonyl (C=O) groups is 2. The van der Waals surface area contributed by atoms with Crippen LogP contribution in [0.5, 0.6) is 0 Å². The predicted octanol–water partition coefficient (Wildman–Crippen LogP) is 7.29. The van der Waals surface area contributed by atoms with E-state index in [0.29, 0.717) is 11.8 Å². The normalized spacial score (nSPS) is 17.9. The fourth-order valence-corrected chi connectivity index (χ4v) is 6.11. The third-order valence-corrected chi connectivity index (χ3v) is 8.69. The van der Waals surface area contributed by atoms with Gasteiger partial charge in [-0.1, -0.05) is 94.0 Å². The van der Waals surface area contributed by atoms with Gasteiger partial charge < -0.3 is 4.79 Å². The molecule has 0 spiro atoms. The van der Waals surface area contributed by atoms with E-state index in [1.807, 2.05) is 34.5 Å². The molecule has 3 radical (unpaired) electrons. The van der Waals surface area contributed by atoms with Gasteiger partial charge >= 0.3 is 0 Å². The lowest BCUT2D eigenvalue weighted by molar-refractivity contribution is -0.135. The van der Waals surface area contributed by atoms with Gasteiger partial charge in [0.25, 0.3) is 0 Å². The van der Waals surface area contributed by atoms with E-state index in [-0.39, 0.29) is 30.0 Å². The van der Waals surface area contributed by atoms with E-state index in [9.17, 15) is 9.59 Å². The zero-order valence-corrected chi connectivity index (χ0v) is 23.8. The first kappa shape index (κ1) is 32.3. The van der Waals surface area contributed by atoms with Crippen molar-refractivity contribution in [3.8, 4) is 0 Å². The number of hydrogen-bond acceptors (Lipinski definition) is 2. The Hall–Kier alpha value is -0.725. The minimum absolute atomic E-state index is 0.0330. The van der Waals surface area contributed by atoms with E-state index in [4.69, 9.17) is 7.74 Å². The first-order valence-electron chi connectivity index (χ1n) is 13.2. The lowest BCUT2D eigenvalue weighted by Gasteiger charge is -2.46. The van der Waals surface area contributed by atoms with Crippen LogP contribution in [0.2, 0.25) is 12.6 Å². The van der Waals surface area contributed by atoms with Crippen LogP contribution in [0.3, 0.4) is 0 Å². The smallest absolute Gasteiger partial charge is 0.141 e. The molecule has 0 bridgehead atoms. The second kappa shape index (κ2) is 14.0. The van der Waals surface area contributed by atoms with Crippen molar-refractivity contribution in [3.05, 3.63) is 12.2 Å². The van der Waals surface area contributed by atoms with Gasteiger partial charge in [0.1, 0.15) is 12.1 Å². The van der Waals surface area contributed by atoms with Crippen molar-refractivity contribution in [3.63, 3.8) is 0 Å². The van der Waals surface area contributed by atoms with E-state index in [0.717, 1.165) is 18.6 Å². The third kappa shape index (κ3) is 9.44. The summed E-state index contributed by atoms with van der Waals surface area (Å²) in [6.07, 6.45) is 7.05. The van der Waals surface area contributed by atoms with Crippen LogP contribution >= 0.6 is 0 Å². The lowest BCUT2D eigenvalue weighted by atomic mass is 9.08. The number of rotatable bonds is 17. The molecule has 0 saturated heterocycles. The Bertz CT molecular complexity index is 629. The van der Waals surface area contributed by atoms with E-state index in [2.05, 4.69) is 48.1 Å².